The van der Waals surface area contributed by atoms with Crippen LogP contribution in [0.15, 0.2) is 22.7 Å². The van der Waals surface area contributed by atoms with E-state index in [-0.39, 0.29) is 12.5 Å². The minimum absolute atomic E-state index is 0.0217. The van der Waals surface area contributed by atoms with Gasteiger partial charge in [0.05, 0.1) is 12.0 Å². The maximum Gasteiger partial charge on any atom is 0.230 e. The second-order valence-corrected chi connectivity index (χ2v) is 6.40. The van der Waals surface area contributed by atoms with Crippen LogP contribution in [0.5, 0.6) is 0 Å². The standard InChI is InChI=1S/C15H20BrNO2/c1-11-3-4-13(16)9-12(11)5-8-17(2)14(19)15(10-18)6-7-15/h3-4,9,18H,5-8,10H2,1-2H3. The number of benzene rings is 1. The Bertz CT molecular complexity index is 483. The molecule has 0 radical (unpaired) electrons. The molecule has 1 fully saturated rings. The van der Waals surface area contributed by atoms with Crippen molar-refractivity contribution in [3.05, 3.63) is 33.8 Å². The van der Waals surface area contributed by atoms with Gasteiger partial charge in [0.1, 0.15) is 0 Å². The molecule has 1 aromatic carbocycles. The zero-order valence-electron chi connectivity index (χ0n) is 11.4. The van der Waals surface area contributed by atoms with E-state index in [1.165, 1.54) is 11.1 Å². The van der Waals surface area contributed by atoms with Crippen LogP contribution in [0.2, 0.25) is 0 Å². The van der Waals surface area contributed by atoms with Gasteiger partial charge in [-0.1, -0.05) is 22.0 Å². The Labute approximate surface area is 122 Å². The van der Waals surface area contributed by atoms with Gasteiger partial charge in [0.2, 0.25) is 5.91 Å². The molecule has 0 atom stereocenters. The highest BCUT2D eigenvalue weighted by Gasteiger charge is 2.50. The Morgan fingerprint density at radius 3 is 2.74 bits per heavy atom. The van der Waals surface area contributed by atoms with Crippen LogP contribution in [0.1, 0.15) is 24.0 Å². The quantitative estimate of drug-likeness (QED) is 0.903. The summed E-state index contributed by atoms with van der Waals surface area (Å²) in [4.78, 5) is 13.9. The highest BCUT2D eigenvalue weighted by atomic mass is 79.9. The summed E-state index contributed by atoms with van der Waals surface area (Å²) in [7, 11) is 1.82. The molecule has 0 aromatic heterocycles. The van der Waals surface area contributed by atoms with E-state index < -0.39 is 5.41 Å². The first-order valence-corrected chi connectivity index (χ1v) is 7.39. The Hall–Kier alpha value is -0.870. The summed E-state index contributed by atoms with van der Waals surface area (Å²) in [5.74, 6) is 0.0858. The zero-order chi connectivity index (χ0) is 14.0. The molecule has 1 N–H and O–H groups in total. The van der Waals surface area contributed by atoms with Gasteiger partial charge < -0.3 is 10.0 Å². The fourth-order valence-corrected chi connectivity index (χ4v) is 2.70. The average molecular weight is 326 g/mol. The van der Waals surface area contributed by atoms with Gasteiger partial charge in [-0.15, -0.1) is 0 Å². The lowest BCUT2D eigenvalue weighted by atomic mass is 10.0. The van der Waals surface area contributed by atoms with Crippen LogP contribution >= 0.6 is 15.9 Å². The molecular weight excluding hydrogens is 306 g/mol. The first-order chi connectivity index (χ1) is 8.98. The molecule has 1 saturated carbocycles. The molecule has 0 heterocycles. The molecule has 0 saturated heterocycles. The first kappa shape index (κ1) is 14.5. The number of aryl methyl sites for hydroxylation is 1. The predicted octanol–water partition coefficient (Wildman–Crippen LogP) is 2.53. The van der Waals surface area contributed by atoms with Crippen molar-refractivity contribution >= 4 is 21.8 Å². The van der Waals surface area contributed by atoms with Gasteiger partial charge in [0, 0.05) is 18.1 Å². The highest BCUT2D eigenvalue weighted by molar-refractivity contribution is 9.10. The molecule has 104 valence electrons. The summed E-state index contributed by atoms with van der Waals surface area (Å²) in [6.45, 7) is 2.75. The Kier molecular flexibility index (Phi) is 4.31. The van der Waals surface area contributed by atoms with E-state index in [2.05, 4.69) is 35.0 Å². The van der Waals surface area contributed by atoms with Crippen molar-refractivity contribution in [2.24, 2.45) is 5.41 Å². The fraction of sp³-hybridized carbons (Fsp3) is 0.533. The van der Waals surface area contributed by atoms with Gasteiger partial charge in [0.15, 0.2) is 0 Å². The van der Waals surface area contributed by atoms with Crippen molar-refractivity contribution < 1.29 is 9.90 Å². The van der Waals surface area contributed by atoms with E-state index >= 15 is 0 Å². The van der Waals surface area contributed by atoms with Crippen molar-refractivity contribution in [2.75, 3.05) is 20.2 Å². The lowest BCUT2D eigenvalue weighted by Crippen LogP contribution is -2.37. The van der Waals surface area contributed by atoms with Crippen LogP contribution in [0.25, 0.3) is 0 Å². The molecular formula is C15H20BrNO2. The van der Waals surface area contributed by atoms with E-state index in [4.69, 9.17) is 0 Å². The first-order valence-electron chi connectivity index (χ1n) is 6.60. The maximum atomic E-state index is 12.2. The molecule has 1 aliphatic carbocycles. The van der Waals surface area contributed by atoms with Crippen LogP contribution in [0.4, 0.5) is 0 Å². The molecule has 1 aromatic rings. The second-order valence-electron chi connectivity index (χ2n) is 5.49. The Morgan fingerprint density at radius 2 is 2.16 bits per heavy atom. The molecule has 4 heteroatoms. The third-order valence-electron chi connectivity index (χ3n) is 3.98. The monoisotopic (exact) mass is 325 g/mol. The van der Waals surface area contributed by atoms with Crippen molar-refractivity contribution in [3.8, 4) is 0 Å². The molecule has 0 aliphatic heterocycles. The van der Waals surface area contributed by atoms with E-state index in [0.29, 0.717) is 6.54 Å². The molecule has 3 nitrogen and oxygen atoms in total. The third kappa shape index (κ3) is 3.18. The summed E-state index contributed by atoms with van der Waals surface area (Å²) in [5.41, 5.74) is 2.04. The number of likely N-dealkylation sites (N-methyl/N-ethyl adjacent to an activating group) is 1. The van der Waals surface area contributed by atoms with Gasteiger partial charge in [-0.05, 0) is 49.4 Å². The van der Waals surface area contributed by atoms with Crippen LogP contribution in [0, 0.1) is 12.3 Å². The van der Waals surface area contributed by atoms with Crippen molar-refractivity contribution in [3.63, 3.8) is 0 Å². The maximum absolute atomic E-state index is 12.2. The number of aliphatic hydroxyl groups excluding tert-OH is 1. The molecule has 0 bridgehead atoms. The molecule has 0 spiro atoms. The minimum Gasteiger partial charge on any atom is -0.395 e. The van der Waals surface area contributed by atoms with Crippen molar-refractivity contribution in [1.82, 2.24) is 4.90 Å². The Balaban J connectivity index is 1.95. The highest BCUT2D eigenvalue weighted by Crippen LogP contribution is 2.46. The van der Waals surface area contributed by atoms with Crippen LogP contribution < -0.4 is 0 Å². The van der Waals surface area contributed by atoms with Gasteiger partial charge in [-0.2, -0.15) is 0 Å². The molecule has 1 amide bonds. The number of carbonyl (C=O) groups is 1. The molecule has 2 rings (SSSR count). The number of aliphatic hydroxyl groups is 1. The average Bonchev–Trinajstić information content (AvgIpc) is 3.19. The normalized spacial score (nSPS) is 16.2. The van der Waals surface area contributed by atoms with Gasteiger partial charge >= 0.3 is 0 Å². The van der Waals surface area contributed by atoms with Crippen LogP contribution in [-0.2, 0) is 11.2 Å². The van der Waals surface area contributed by atoms with E-state index in [9.17, 15) is 9.90 Å². The zero-order valence-corrected chi connectivity index (χ0v) is 13.0. The van der Waals surface area contributed by atoms with Crippen molar-refractivity contribution in [2.45, 2.75) is 26.2 Å². The van der Waals surface area contributed by atoms with E-state index in [1.807, 2.05) is 13.1 Å². The number of hydrogen-bond acceptors (Lipinski definition) is 2. The summed E-state index contributed by atoms with van der Waals surface area (Å²) in [6, 6.07) is 6.21. The molecule has 1 aliphatic rings. The topological polar surface area (TPSA) is 40.5 Å². The second kappa shape index (κ2) is 5.63. The summed E-state index contributed by atoms with van der Waals surface area (Å²) in [6.07, 6.45) is 2.49. The Morgan fingerprint density at radius 1 is 1.47 bits per heavy atom. The largest absolute Gasteiger partial charge is 0.395 e. The van der Waals surface area contributed by atoms with Gasteiger partial charge in [-0.25, -0.2) is 0 Å². The van der Waals surface area contributed by atoms with Crippen LogP contribution in [-0.4, -0.2) is 36.1 Å². The fourth-order valence-electron chi connectivity index (χ4n) is 2.29. The molecule has 19 heavy (non-hydrogen) atoms. The number of hydrogen-bond donors (Lipinski definition) is 1. The third-order valence-corrected chi connectivity index (χ3v) is 4.48. The summed E-state index contributed by atoms with van der Waals surface area (Å²) < 4.78 is 1.07. The predicted molar refractivity (Wildman–Crippen MR) is 79.0 cm³/mol. The summed E-state index contributed by atoms with van der Waals surface area (Å²) in [5, 5.41) is 9.29. The number of nitrogens with zero attached hydrogens (tertiary/aromatic N) is 1. The number of amides is 1. The van der Waals surface area contributed by atoms with Gasteiger partial charge in [0.25, 0.3) is 0 Å². The number of rotatable bonds is 5. The van der Waals surface area contributed by atoms with Crippen LogP contribution in [0.3, 0.4) is 0 Å². The van der Waals surface area contributed by atoms with Crippen molar-refractivity contribution in [1.29, 1.82) is 0 Å². The smallest absolute Gasteiger partial charge is 0.230 e. The SMILES string of the molecule is Cc1ccc(Br)cc1CCN(C)C(=O)C1(CO)CC1. The number of halogens is 1. The van der Waals surface area contributed by atoms with E-state index in [0.717, 1.165) is 23.7 Å². The lowest BCUT2D eigenvalue weighted by Gasteiger charge is -2.22. The lowest BCUT2D eigenvalue weighted by molar-refractivity contribution is -0.137. The van der Waals surface area contributed by atoms with E-state index in [1.54, 1.807) is 4.90 Å². The minimum atomic E-state index is -0.457. The summed E-state index contributed by atoms with van der Waals surface area (Å²) >= 11 is 3.47. The van der Waals surface area contributed by atoms with Gasteiger partial charge in [-0.3, -0.25) is 4.79 Å². The number of carbonyl (C=O) groups excluding carboxylic acids is 1. The molecule has 0 unspecified atom stereocenters.